The molecule has 0 bridgehead atoms. The van der Waals surface area contributed by atoms with Gasteiger partial charge in [0.1, 0.15) is 97.6 Å². The van der Waals surface area contributed by atoms with Crippen LogP contribution in [0.4, 0.5) is 0 Å². The molecule has 11 aromatic rings. The monoisotopic (exact) mass is 1690 g/mol. The molecule has 1 saturated carbocycles. The lowest BCUT2D eigenvalue weighted by Gasteiger charge is -2.51. The van der Waals surface area contributed by atoms with Crippen molar-refractivity contribution < 1.29 is 95.1 Å². The second-order valence-electron chi connectivity index (χ2n) is 32.0. The fourth-order valence-corrected chi connectivity index (χ4v) is 16.4. The summed E-state index contributed by atoms with van der Waals surface area (Å²) in [5, 5.41) is 17.8. The molecule has 11 aromatic carbocycles. The van der Waals surface area contributed by atoms with Crippen LogP contribution in [0.25, 0.3) is 10.4 Å². The average molecular weight is 1690 g/mol. The molecule has 650 valence electrons. The summed E-state index contributed by atoms with van der Waals surface area (Å²) >= 11 is 0. The van der Waals surface area contributed by atoms with Crippen molar-refractivity contribution in [1.29, 1.82) is 0 Å². The minimum Gasteiger partial charge on any atom is -0.385 e. The largest absolute Gasteiger partial charge is 0.385 e. The molecule has 0 radical (unpaired) electrons. The summed E-state index contributed by atoms with van der Waals surface area (Å²) in [6, 6.07) is 106. The molecule has 0 spiro atoms. The smallest absolute Gasteiger partial charge is 0.189 e. The number of fused-ring (bicyclic) bond motifs is 1. The number of nitrogens with zero attached hydrogens (tertiary/aromatic N) is 3. The minimum absolute atomic E-state index is 0.0189. The van der Waals surface area contributed by atoms with Gasteiger partial charge in [-0.15, -0.1) is 0 Å². The number of hydrogen-bond donors (Lipinski definition) is 1. The van der Waals surface area contributed by atoms with Crippen LogP contribution in [-0.2, 0) is 163 Å². The lowest BCUT2D eigenvalue weighted by molar-refractivity contribution is -0.400. The number of rotatable bonds is 41. The number of aliphatic hydroxyl groups is 1. The van der Waals surface area contributed by atoms with Crippen LogP contribution in [0.5, 0.6) is 0 Å². The zero-order chi connectivity index (χ0) is 85.2. The average Bonchev–Trinajstić information content (AvgIpc) is 1.65. The molecule has 4 aliphatic heterocycles. The normalized spacial score (nSPS) is 27.7. The minimum atomic E-state index is -1.56. The highest BCUT2D eigenvalue weighted by molar-refractivity contribution is 5.23. The van der Waals surface area contributed by atoms with Crippen LogP contribution in [-0.4, -0.2) is 147 Å². The molecule has 5 fully saturated rings. The van der Waals surface area contributed by atoms with E-state index in [0.29, 0.717) is 0 Å². The second kappa shape index (κ2) is 44.9. The quantitative estimate of drug-likeness (QED) is 0.0213. The Balaban J connectivity index is 0.802. The van der Waals surface area contributed by atoms with Crippen molar-refractivity contribution >= 4 is 0 Å². The Hall–Kier alpha value is -10.1. The maximum absolute atomic E-state index is 13.1. The van der Waals surface area contributed by atoms with Gasteiger partial charge in [-0.1, -0.05) is 339 Å². The summed E-state index contributed by atoms with van der Waals surface area (Å²) in [5.41, 5.74) is 20.6. The maximum atomic E-state index is 13.1. The van der Waals surface area contributed by atoms with Gasteiger partial charge in [0.25, 0.3) is 0 Å². The van der Waals surface area contributed by atoms with Gasteiger partial charge in [-0.25, -0.2) is 0 Å². The molecule has 4 saturated heterocycles. The molecule has 125 heavy (non-hydrogen) atoms. The van der Waals surface area contributed by atoms with E-state index in [1.165, 1.54) is 0 Å². The summed E-state index contributed by atoms with van der Waals surface area (Å²) < 4.78 is 137. The number of benzene rings is 11. The van der Waals surface area contributed by atoms with Gasteiger partial charge in [0.15, 0.2) is 37.2 Å². The first-order valence-electron chi connectivity index (χ1n) is 42.8. The van der Waals surface area contributed by atoms with Crippen LogP contribution in [0.2, 0.25) is 0 Å². The highest BCUT2D eigenvalue weighted by Gasteiger charge is 2.63. The van der Waals surface area contributed by atoms with Crippen LogP contribution in [0.1, 0.15) is 75.0 Å². The summed E-state index contributed by atoms with van der Waals surface area (Å²) in [7, 11) is 0. The van der Waals surface area contributed by atoms with Gasteiger partial charge in [-0.05, 0) is 80.6 Å². The fraction of sp³-hybridized carbons (Fsp3) is 0.353. The molecule has 0 unspecified atom stereocenters. The van der Waals surface area contributed by atoms with Crippen molar-refractivity contribution in [3.05, 3.63) is 405 Å². The highest BCUT2D eigenvalue weighted by Crippen LogP contribution is 2.46. The third-order valence-corrected chi connectivity index (χ3v) is 22.6. The fourth-order valence-electron chi connectivity index (χ4n) is 16.4. The van der Waals surface area contributed by atoms with Crippen molar-refractivity contribution in [1.82, 2.24) is 0 Å². The lowest BCUT2D eigenvalue weighted by Crippen LogP contribution is -2.68. The summed E-state index contributed by atoms with van der Waals surface area (Å²) in [6.07, 6.45) is -24.0. The van der Waals surface area contributed by atoms with Gasteiger partial charge < -0.3 is 95.1 Å². The van der Waals surface area contributed by atoms with Gasteiger partial charge >= 0.3 is 0 Å². The van der Waals surface area contributed by atoms with Crippen LogP contribution in [0.3, 0.4) is 0 Å². The molecule has 0 aromatic heterocycles. The van der Waals surface area contributed by atoms with E-state index in [9.17, 15) is 10.6 Å². The first kappa shape index (κ1) is 88.4. The molecule has 5 aliphatic rings. The molecule has 23 heteroatoms. The molecule has 4 heterocycles. The SMILES string of the molecule is CC1(C)O[C@@H]2[C@H](OCc3ccccc3)[C@@H](OCc3ccccc3)[C@H](OCc3ccccc3)[C@@H](O[C@H]3O[C@H](OCc4ccccc4)[C@@H](O[C@H]4O[C@H](CO[C@H]5O[C@H](OCc6ccccc6)[C@@H](OCc6ccccc6)[C@H](OCc6ccccc6)[C@@H]5O)[C@@H](OCc5ccccc5)[C@H](OCc5ccccc5)[C@@H]4OCc4ccccc4)[C@H](OCc4ccccc4)[C@H]3N=[N+]=[N-])[C@@H]2O1. The standard InChI is InChI=1S/C102H107N3O20/c1-102(2)124-92-90(113-64-76-48-26-9-27-49-76)88(111-62-74-44-22-7-23-45-74)89(112-63-75-46-24-8-25-47-75)91(93(92)125-102)120-97-82(104-105-103)85(108-59-71-38-16-4-17-39-71)96(100(122-97)117-68-80-56-34-13-35-57-80)121-101-95(115-66-78-52-30-11-31-53-78)87(110-61-73-42-20-6-21-43-73)84(107-58-70-36-14-3-15-37-70)81(119-101)69-118-98-83(106)86(109-60-72-40-18-5-19-41-72)94(114-65-77-50-28-10-29-51-77)99(123-98)116-67-79-54-32-12-33-55-79/h3-57,81-101,106H,58-69H2,1-2H3/t81-,82-,83+,84-,85-,86-,87+,88+,89+,90-,91-,92-,93+,94+,95+,96+,97+,98+,99+,100+,101-/m1/s1. The first-order chi connectivity index (χ1) is 61.6. The van der Waals surface area contributed by atoms with Gasteiger partial charge in [0, 0.05) is 4.91 Å². The Kier molecular flexibility index (Phi) is 31.7. The van der Waals surface area contributed by atoms with Crippen LogP contribution in [0.15, 0.2) is 339 Å². The topological polar surface area (TPSA) is 244 Å². The third-order valence-electron chi connectivity index (χ3n) is 22.6. The Morgan fingerprint density at radius 2 is 0.520 bits per heavy atom. The molecule has 1 aliphatic carbocycles. The van der Waals surface area contributed by atoms with E-state index >= 15 is 0 Å². The first-order valence-corrected chi connectivity index (χ1v) is 42.8. The zero-order valence-corrected chi connectivity index (χ0v) is 69.9. The van der Waals surface area contributed by atoms with Crippen LogP contribution >= 0.6 is 0 Å². The van der Waals surface area contributed by atoms with E-state index in [0.717, 1.165) is 61.2 Å². The van der Waals surface area contributed by atoms with Gasteiger partial charge in [-0.3, -0.25) is 0 Å². The van der Waals surface area contributed by atoms with Gasteiger partial charge in [-0.2, -0.15) is 0 Å². The zero-order valence-electron chi connectivity index (χ0n) is 69.9. The number of azide groups is 1. The van der Waals surface area contributed by atoms with E-state index in [4.69, 9.17) is 90.0 Å². The van der Waals surface area contributed by atoms with Crippen LogP contribution in [0, 0.1) is 0 Å². The van der Waals surface area contributed by atoms with E-state index in [2.05, 4.69) is 10.0 Å². The van der Waals surface area contributed by atoms with E-state index < -0.39 is 135 Å². The summed E-state index contributed by atoms with van der Waals surface area (Å²) in [6.45, 7) is 4.10. The Morgan fingerprint density at radius 1 is 0.264 bits per heavy atom. The predicted molar refractivity (Wildman–Crippen MR) is 462 cm³/mol. The maximum Gasteiger partial charge on any atom is 0.189 e. The third kappa shape index (κ3) is 24.2. The molecule has 21 atom stereocenters. The molecule has 0 amide bonds. The summed E-state index contributed by atoms with van der Waals surface area (Å²) in [4.78, 5) is 3.60. The molecular formula is C102H107N3O20. The second-order valence-corrected chi connectivity index (χ2v) is 32.0. The van der Waals surface area contributed by atoms with Crippen molar-refractivity contribution in [2.45, 2.75) is 221 Å². The Morgan fingerprint density at radius 3 is 0.872 bits per heavy atom. The van der Waals surface area contributed by atoms with E-state index in [-0.39, 0.29) is 79.3 Å². The Bertz CT molecular complexity index is 4980. The van der Waals surface area contributed by atoms with E-state index in [1.807, 2.05) is 347 Å². The molecule has 16 rings (SSSR count). The molecule has 23 nitrogen and oxygen atoms in total. The van der Waals surface area contributed by atoms with Crippen LogP contribution < -0.4 is 0 Å². The van der Waals surface area contributed by atoms with Gasteiger partial charge in [0.05, 0.1) is 79.3 Å². The Labute approximate surface area is 729 Å². The molecule has 1 N–H and O–H groups in total. The van der Waals surface area contributed by atoms with Crippen molar-refractivity contribution in [3.63, 3.8) is 0 Å². The lowest BCUT2D eigenvalue weighted by atomic mass is 9.84. The number of aliphatic hydroxyl groups excluding tert-OH is 1. The van der Waals surface area contributed by atoms with Crippen molar-refractivity contribution in [3.8, 4) is 0 Å². The van der Waals surface area contributed by atoms with Crippen molar-refractivity contribution in [2.24, 2.45) is 5.11 Å². The number of hydrogen-bond acceptors (Lipinski definition) is 21. The van der Waals surface area contributed by atoms with E-state index in [1.54, 1.807) is 0 Å². The van der Waals surface area contributed by atoms with Crippen molar-refractivity contribution in [2.75, 3.05) is 6.61 Å². The summed E-state index contributed by atoms with van der Waals surface area (Å²) in [5.74, 6) is -1.22. The predicted octanol–water partition coefficient (Wildman–Crippen LogP) is 17.1. The highest BCUT2D eigenvalue weighted by atomic mass is 16.8. The van der Waals surface area contributed by atoms with Gasteiger partial charge in [0.2, 0.25) is 0 Å². The number of ether oxygens (including phenoxy) is 19. The molecular weight excluding hydrogens is 1590 g/mol.